The van der Waals surface area contributed by atoms with Crippen LogP contribution in [0.5, 0.6) is 0 Å². The summed E-state index contributed by atoms with van der Waals surface area (Å²) >= 11 is 1.38. The molecule has 0 bridgehead atoms. The highest BCUT2D eigenvalue weighted by atomic mass is 32.1. The number of rotatable bonds is 2. The van der Waals surface area contributed by atoms with Crippen LogP contribution >= 0.6 is 11.3 Å². The fraction of sp³-hybridized carbons (Fsp3) is 0.312. The Balaban J connectivity index is 2.26. The van der Waals surface area contributed by atoms with Crippen LogP contribution in [0.1, 0.15) is 46.4 Å². The molecule has 1 heterocycles. The molecular weight excluding hydrogens is 297 g/mol. The maximum absolute atomic E-state index is 12.5. The minimum absolute atomic E-state index is 0.0522. The molecule has 2 aromatic rings. The molecule has 0 aliphatic heterocycles. The standard InChI is InChI=1S/C16H15F3OS/c1-15(2,3)13-9-8-12(21-13)14(20)10-4-6-11(7-5-10)16(17,18)19/h4-9H,1-3H3. The Hall–Kier alpha value is -1.62. The molecular formula is C16H15F3OS. The summed E-state index contributed by atoms with van der Waals surface area (Å²) in [5.41, 5.74) is -0.533. The van der Waals surface area contributed by atoms with Gasteiger partial charge in [0.05, 0.1) is 10.4 Å². The molecule has 1 aromatic heterocycles. The average molecular weight is 312 g/mol. The summed E-state index contributed by atoms with van der Waals surface area (Å²) in [6.07, 6.45) is -4.39. The van der Waals surface area contributed by atoms with Crippen molar-refractivity contribution in [1.29, 1.82) is 0 Å². The fourth-order valence-electron chi connectivity index (χ4n) is 1.82. The van der Waals surface area contributed by atoms with Crippen LogP contribution in [-0.2, 0) is 11.6 Å². The molecule has 21 heavy (non-hydrogen) atoms. The third-order valence-corrected chi connectivity index (χ3v) is 4.55. The van der Waals surface area contributed by atoms with Gasteiger partial charge in [-0.15, -0.1) is 11.3 Å². The van der Waals surface area contributed by atoms with Gasteiger partial charge in [0.25, 0.3) is 0 Å². The number of carbonyl (C=O) groups is 1. The van der Waals surface area contributed by atoms with E-state index in [0.717, 1.165) is 17.0 Å². The van der Waals surface area contributed by atoms with E-state index < -0.39 is 11.7 Å². The second-order valence-corrected chi connectivity index (χ2v) is 6.90. The first kappa shape index (κ1) is 15.8. The van der Waals surface area contributed by atoms with Gasteiger partial charge < -0.3 is 0 Å². The molecule has 2 rings (SSSR count). The van der Waals surface area contributed by atoms with Crippen LogP contribution in [0, 0.1) is 0 Å². The third-order valence-electron chi connectivity index (χ3n) is 3.04. The molecule has 0 saturated carbocycles. The zero-order chi connectivity index (χ0) is 15.8. The smallest absolute Gasteiger partial charge is 0.288 e. The van der Waals surface area contributed by atoms with Crippen molar-refractivity contribution in [3.8, 4) is 0 Å². The Kier molecular flexibility index (Phi) is 3.97. The molecule has 0 fully saturated rings. The molecule has 0 amide bonds. The molecule has 0 saturated heterocycles. The lowest BCUT2D eigenvalue weighted by Gasteiger charge is -2.15. The van der Waals surface area contributed by atoms with Crippen molar-refractivity contribution in [1.82, 2.24) is 0 Å². The molecule has 1 nitrogen and oxygen atoms in total. The van der Waals surface area contributed by atoms with Crippen molar-refractivity contribution in [3.63, 3.8) is 0 Å². The number of thiophene rings is 1. The Labute approximate surface area is 125 Å². The summed E-state index contributed by atoms with van der Waals surface area (Å²) in [5, 5.41) is 0. The number of carbonyl (C=O) groups excluding carboxylic acids is 1. The van der Waals surface area contributed by atoms with Gasteiger partial charge in [0, 0.05) is 10.4 Å². The Bertz CT molecular complexity index is 645. The minimum Gasteiger partial charge on any atom is -0.288 e. The summed E-state index contributed by atoms with van der Waals surface area (Å²) in [5.74, 6) is -0.246. The van der Waals surface area contributed by atoms with Gasteiger partial charge in [-0.2, -0.15) is 13.2 Å². The van der Waals surface area contributed by atoms with Gasteiger partial charge in [-0.1, -0.05) is 32.9 Å². The van der Waals surface area contributed by atoms with Crippen LogP contribution in [-0.4, -0.2) is 5.78 Å². The summed E-state index contributed by atoms with van der Waals surface area (Å²) in [6.45, 7) is 6.14. The molecule has 5 heteroatoms. The second-order valence-electron chi connectivity index (χ2n) is 5.82. The Morgan fingerprint density at radius 1 is 0.952 bits per heavy atom. The molecule has 1 aromatic carbocycles. The zero-order valence-electron chi connectivity index (χ0n) is 11.9. The molecule has 0 aliphatic carbocycles. The van der Waals surface area contributed by atoms with E-state index in [1.807, 2.05) is 26.8 Å². The Morgan fingerprint density at radius 2 is 1.52 bits per heavy atom. The number of alkyl halides is 3. The lowest BCUT2D eigenvalue weighted by atomic mass is 9.95. The van der Waals surface area contributed by atoms with E-state index in [4.69, 9.17) is 0 Å². The highest BCUT2D eigenvalue weighted by Crippen LogP contribution is 2.32. The summed E-state index contributed by atoms with van der Waals surface area (Å²) in [6, 6.07) is 7.94. The van der Waals surface area contributed by atoms with Gasteiger partial charge in [-0.3, -0.25) is 4.79 Å². The second kappa shape index (κ2) is 5.30. The molecule has 0 radical (unpaired) electrons. The van der Waals surface area contributed by atoms with Gasteiger partial charge in [-0.05, 0) is 29.7 Å². The van der Waals surface area contributed by atoms with Crippen molar-refractivity contribution in [2.75, 3.05) is 0 Å². The van der Waals surface area contributed by atoms with E-state index in [1.54, 1.807) is 6.07 Å². The predicted molar refractivity (Wildman–Crippen MR) is 77.9 cm³/mol. The highest BCUT2D eigenvalue weighted by Gasteiger charge is 2.30. The first-order chi connectivity index (χ1) is 9.59. The van der Waals surface area contributed by atoms with Crippen molar-refractivity contribution < 1.29 is 18.0 Å². The first-order valence-electron chi connectivity index (χ1n) is 6.41. The topological polar surface area (TPSA) is 17.1 Å². The third kappa shape index (κ3) is 3.53. The number of hydrogen-bond donors (Lipinski definition) is 0. The van der Waals surface area contributed by atoms with Crippen LogP contribution in [0.15, 0.2) is 36.4 Å². The van der Waals surface area contributed by atoms with E-state index in [0.29, 0.717) is 4.88 Å². The molecule has 0 N–H and O–H groups in total. The molecule has 112 valence electrons. The summed E-state index contributed by atoms with van der Waals surface area (Å²) in [4.78, 5) is 13.9. The van der Waals surface area contributed by atoms with Crippen LogP contribution < -0.4 is 0 Å². The number of ketones is 1. The van der Waals surface area contributed by atoms with Crippen LogP contribution in [0.3, 0.4) is 0 Å². The Morgan fingerprint density at radius 3 is 1.95 bits per heavy atom. The predicted octanol–water partition coefficient (Wildman–Crippen LogP) is 5.30. The number of halogens is 3. The monoisotopic (exact) mass is 312 g/mol. The number of benzene rings is 1. The highest BCUT2D eigenvalue weighted by molar-refractivity contribution is 7.14. The van der Waals surface area contributed by atoms with E-state index in [2.05, 4.69) is 0 Å². The van der Waals surface area contributed by atoms with E-state index in [-0.39, 0.29) is 16.8 Å². The van der Waals surface area contributed by atoms with Gasteiger partial charge in [0.15, 0.2) is 0 Å². The normalized spacial score (nSPS) is 12.5. The van der Waals surface area contributed by atoms with E-state index in [9.17, 15) is 18.0 Å². The number of hydrogen-bond acceptors (Lipinski definition) is 2. The zero-order valence-corrected chi connectivity index (χ0v) is 12.7. The maximum Gasteiger partial charge on any atom is 0.416 e. The maximum atomic E-state index is 12.5. The van der Waals surface area contributed by atoms with Crippen LogP contribution in [0.2, 0.25) is 0 Å². The summed E-state index contributed by atoms with van der Waals surface area (Å²) in [7, 11) is 0. The van der Waals surface area contributed by atoms with Gasteiger partial charge in [0.2, 0.25) is 5.78 Å². The van der Waals surface area contributed by atoms with Crippen LogP contribution in [0.25, 0.3) is 0 Å². The molecule has 0 aliphatic rings. The largest absolute Gasteiger partial charge is 0.416 e. The first-order valence-corrected chi connectivity index (χ1v) is 7.23. The van der Waals surface area contributed by atoms with E-state index in [1.165, 1.54) is 23.5 Å². The van der Waals surface area contributed by atoms with Gasteiger partial charge >= 0.3 is 6.18 Å². The quantitative estimate of drug-likeness (QED) is 0.688. The lowest BCUT2D eigenvalue weighted by Crippen LogP contribution is -2.08. The lowest BCUT2D eigenvalue weighted by molar-refractivity contribution is -0.137. The van der Waals surface area contributed by atoms with Crippen molar-refractivity contribution in [2.24, 2.45) is 0 Å². The van der Waals surface area contributed by atoms with Gasteiger partial charge in [-0.25, -0.2) is 0 Å². The molecule has 0 spiro atoms. The van der Waals surface area contributed by atoms with Crippen molar-refractivity contribution in [3.05, 3.63) is 57.3 Å². The SMILES string of the molecule is CC(C)(C)c1ccc(C(=O)c2ccc(C(F)(F)F)cc2)s1. The van der Waals surface area contributed by atoms with Crippen LogP contribution in [0.4, 0.5) is 13.2 Å². The van der Waals surface area contributed by atoms with Crippen molar-refractivity contribution >= 4 is 17.1 Å². The summed E-state index contributed by atoms with van der Waals surface area (Å²) < 4.78 is 37.5. The fourth-order valence-corrected chi connectivity index (χ4v) is 2.84. The minimum atomic E-state index is -4.39. The van der Waals surface area contributed by atoms with Crippen molar-refractivity contribution in [2.45, 2.75) is 32.4 Å². The average Bonchev–Trinajstić information content (AvgIpc) is 2.86. The molecule has 0 unspecified atom stereocenters. The molecule has 0 atom stereocenters. The van der Waals surface area contributed by atoms with Gasteiger partial charge in [0.1, 0.15) is 0 Å². The van der Waals surface area contributed by atoms with E-state index >= 15 is 0 Å².